The van der Waals surface area contributed by atoms with Crippen molar-refractivity contribution in [1.82, 2.24) is 0 Å². The van der Waals surface area contributed by atoms with Crippen molar-refractivity contribution < 1.29 is 27.4 Å². The maximum atomic E-state index is 14.3. The number of carbonyl (C=O) groups excluding carboxylic acids is 1. The SMILES string of the molecule is CN(C)c1ccc2c(c1)Oc1ccc(N(Cc3ccccc3)c3ccccc3C(F)(F)F)cc1C21OC(=O)c2ccccc21. The summed E-state index contributed by atoms with van der Waals surface area (Å²) in [6.07, 6.45) is -4.58. The molecule has 7 rings (SSSR count). The van der Waals surface area contributed by atoms with E-state index in [1.807, 2.05) is 79.7 Å². The predicted octanol–water partition coefficient (Wildman–Crippen LogP) is 8.68. The predicted molar refractivity (Wildman–Crippen MR) is 163 cm³/mol. The first kappa shape index (κ1) is 27.6. The second kappa shape index (κ2) is 10.2. The van der Waals surface area contributed by atoms with Gasteiger partial charge in [-0.3, -0.25) is 0 Å². The third kappa shape index (κ3) is 4.37. The highest BCUT2D eigenvalue weighted by Crippen LogP contribution is 2.57. The maximum absolute atomic E-state index is 14.3. The fourth-order valence-corrected chi connectivity index (χ4v) is 6.13. The molecular formula is C36H27F3N2O3. The Bertz CT molecular complexity index is 1910. The molecule has 2 heterocycles. The van der Waals surface area contributed by atoms with Gasteiger partial charge in [0.15, 0.2) is 5.60 Å². The molecular weight excluding hydrogens is 565 g/mol. The molecule has 220 valence electrons. The number of hydrogen-bond donors (Lipinski definition) is 0. The quantitative estimate of drug-likeness (QED) is 0.191. The van der Waals surface area contributed by atoms with E-state index in [0.29, 0.717) is 39.4 Å². The zero-order chi connectivity index (χ0) is 30.6. The lowest BCUT2D eigenvalue weighted by Gasteiger charge is -2.38. The van der Waals surface area contributed by atoms with Crippen LogP contribution in [0.4, 0.5) is 30.2 Å². The maximum Gasteiger partial charge on any atom is 0.418 e. The van der Waals surface area contributed by atoms with E-state index in [-0.39, 0.29) is 12.2 Å². The number of nitrogens with zero attached hydrogens (tertiary/aromatic N) is 2. The minimum absolute atomic E-state index is 0.00872. The first-order valence-electron chi connectivity index (χ1n) is 14.1. The third-order valence-electron chi connectivity index (χ3n) is 8.19. The number of carbonyl (C=O) groups is 1. The fourth-order valence-electron chi connectivity index (χ4n) is 6.13. The Balaban J connectivity index is 1.47. The van der Waals surface area contributed by atoms with Gasteiger partial charge < -0.3 is 19.3 Å². The third-order valence-corrected chi connectivity index (χ3v) is 8.19. The number of alkyl halides is 3. The number of halogens is 3. The molecule has 2 aliphatic rings. The van der Waals surface area contributed by atoms with Crippen LogP contribution < -0.4 is 14.5 Å². The number of para-hydroxylation sites is 1. The summed E-state index contributed by atoms with van der Waals surface area (Å²) in [5.74, 6) is 0.500. The highest BCUT2D eigenvalue weighted by atomic mass is 19.4. The van der Waals surface area contributed by atoms with Gasteiger partial charge in [0.05, 0.1) is 16.8 Å². The van der Waals surface area contributed by atoms with Crippen LogP contribution in [0.15, 0.2) is 115 Å². The van der Waals surface area contributed by atoms with Gasteiger partial charge in [-0.1, -0.05) is 60.7 Å². The van der Waals surface area contributed by atoms with Gasteiger partial charge in [-0.2, -0.15) is 13.2 Å². The van der Waals surface area contributed by atoms with E-state index >= 15 is 0 Å². The van der Waals surface area contributed by atoms with Gasteiger partial charge >= 0.3 is 12.1 Å². The number of benzene rings is 5. The topological polar surface area (TPSA) is 42.0 Å². The molecule has 1 unspecified atom stereocenters. The van der Waals surface area contributed by atoms with Crippen molar-refractivity contribution in [2.24, 2.45) is 0 Å². The van der Waals surface area contributed by atoms with Gasteiger partial charge in [-0.25, -0.2) is 4.79 Å². The van der Waals surface area contributed by atoms with Crippen molar-refractivity contribution in [3.8, 4) is 11.5 Å². The molecule has 0 saturated carbocycles. The Kier molecular flexibility index (Phi) is 6.39. The fraction of sp³-hybridized carbons (Fsp3) is 0.139. The van der Waals surface area contributed by atoms with Gasteiger partial charge in [0.1, 0.15) is 11.5 Å². The first-order chi connectivity index (χ1) is 21.2. The van der Waals surface area contributed by atoms with Crippen molar-refractivity contribution in [2.75, 3.05) is 23.9 Å². The Morgan fingerprint density at radius 3 is 2.18 bits per heavy atom. The van der Waals surface area contributed by atoms with Crippen molar-refractivity contribution >= 4 is 23.0 Å². The van der Waals surface area contributed by atoms with E-state index in [0.717, 1.165) is 17.3 Å². The van der Waals surface area contributed by atoms with Crippen molar-refractivity contribution in [3.05, 3.63) is 149 Å². The molecule has 1 atom stereocenters. The van der Waals surface area contributed by atoms with Crippen LogP contribution in [0, 0.1) is 0 Å². The second-order valence-electron chi connectivity index (χ2n) is 11.1. The number of esters is 1. The van der Waals surface area contributed by atoms with Crippen LogP contribution in [0.25, 0.3) is 0 Å². The molecule has 0 aliphatic carbocycles. The molecule has 0 amide bonds. The molecule has 0 fully saturated rings. The van der Waals surface area contributed by atoms with Crippen LogP contribution in [-0.4, -0.2) is 20.1 Å². The van der Waals surface area contributed by atoms with E-state index in [9.17, 15) is 18.0 Å². The molecule has 0 saturated heterocycles. The minimum Gasteiger partial charge on any atom is -0.456 e. The van der Waals surface area contributed by atoms with E-state index < -0.39 is 23.3 Å². The highest BCUT2D eigenvalue weighted by Gasteiger charge is 2.53. The average molecular weight is 593 g/mol. The summed E-state index contributed by atoms with van der Waals surface area (Å²) >= 11 is 0. The lowest BCUT2D eigenvalue weighted by atomic mass is 9.77. The summed E-state index contributed by atoms with van der Waals surface area (Å²) in [7, 11) is 3.84. The Morgan fingerprint density at radius 2 is 1.41 bits per heavy atom. The molecule has 0 bridgehead atoms. The summed E-state index contributed by atoms with van der Waals surface area (Å²) in [5.41, 5.74) is 2.35. The van der Waals surface area contributed by atoms with Gasteiger partial charge in [0, 0.05) is 54.8 Å². The number of anilines is 3. The van der Waals surface area contributed by atoms with Crippen LogP contribution in [0.5, 0.6) is 11.5 Å². The minimum atomic E-state index is -4.58. The molecule has 2 aliphatic heterocycles. The van der Waals surface area contributed by atoms with Crippen LogP contribution in [0.3, 0.4) is 0 Å². The van der Waals surface area contributed by atoms with Crippen molar-refractivity contribution in [2.45, 2.75) is 18.3 Å². The summed E-state index contributed by atoms with van der Waals surface area (Å²) in [4.78, 5) is 16.9. The summed E-state index contributed by atoms with van der Waals surface area (Å²) in [6.45, 7) is 0.166. The molecule has 0 radical (unpaired) electrons. The molecule has 5 nitrogen and oxygen atoms in total. The van der Waals surface area contributed by atoms with Gasteiger partial charge in [-0.05, 0) is 54.1 Å². The number of hydrogen-bond acceptors (Lipinski definition) is 5. The highest BCUT2D eigenvalue weighted by molar-refractivity contribution is 5.97. The standard InChI is InChI=1S/C36H27F3N2O3/c1-40(2)24-16-18-29-33(21-24)43-32-19-17-25(20-30(32)35(29)27-13-7-6-12-26(27)34(42)44-35)41(22-23-10-4-3-5-11-23)31-15-9-8-14-28(31)36(37,38)39/h3-21H,22H2,1-2H3. The molecule has 5 aromatic rings. The van der Waals surface area contributed by atoms with E-state index in [1.54, 1.807) is 41.3 Å². The smallest absolute Gasteiger partial charge is 0.418 e. The van der Waals surface area contributed by atoms with Crippen LogP contribution in [0.2, 0.25) is 0 Å². The van der Waals surface area contributed by atoms with Gasteiger partial charge in [0.2, 0.25) is 0 Å². The number of rotatable bonds is 5. The van der Waals surface area contributed by atoms with Crippen LogP contribution in [-0.2, 0) is 23.1 Å². The lowest BCUT2D eigenvalue weighted by molar-refractivity contribution is -0.137. The zero-order valence-electron chi connectivity index (χ0n) is 23.9. The van der Waals surface area contributed by atoms with Crippen molar-refractivity contribution in [3.63, 3.8) is 0 Å². The van der Waals surface area contributed by atoms with Gasteiger partial charge in [-0.15, -0.1) is 0 Å². The molecule has 8 heteroatoms. The number of fused-ring (bicyclic) bond motifs is 6. The first-order valence-corrected chi connectivity index (χ1v) is 14.1. The Hall–Kier alpha value is -5.24. The number of ether oxygens (including phenoxy) is 2. The van der Waals surface area contributed by atoms with E-state index in [1.165, 1.54) is 12.1 Å². The van der Waals surface area contributed by atoms with E-state index in [4.69, 9.17) is 9.47 Å². The summed E-state index contributed by atoms with van der Waals surface area (Å²) in [5, 5.41) is 0. The lowest BCUT2D eigenvalue weighted by Crippen LogP contribution is -2.33. The zero-order valence-corrected chi connectivity index (χ0v) is 23.9. The largest absolute Gasteiger partial charge is 0.456 e. The van der Waals surface area contributed by atoms with Crippen LogP contribution in [0.1, 0.15) is 38.2 Å². The Labute approximate surface area is 252 Å². The summed E-state index contributed by atoms with van der Waals surface area (Å²) < 4.78 is 55.7. The molecule has 44 heavy (non-hydrogen) atoms. The van der Waals surface area contributed by atoms with E-state index in [2.05, 4.69) is 0 Å². The monoisotopic (exact) mass is 592 g/mol. The second-order valence-corrected chi connectivity index (χ2v) is 11.1. The van der Waals surface area contributed by atoms with Crippen LogP contribution >= 0.6 is 0 Å². The Morgan fingerprint density at radius 1 is 0.705 bits per heavy atom. The van der Waals surface area contributed by atoms with Crippen molar-refractivity contribution in [1.29, 1.82) is 0 Å². The normalized spacial score (nSPS) is 16.4. The average Bonchev–Trinajstić information content (AvgIpc) is 3.32. The molecule has 1 spiro atoms. The molecule has 0 N–H and O–H groups in total. The molecule has 5 aromatic carbocycles. The summed E-state index contributed by atoms with van der Waals surface area (Å²) in [6, 6.07) is 33.0. The molecule has 0 aromatic heterocycles. The van der Waals surface area contributed by atoms with Gasteiger partial charge in [0.25, 0.3) is 0 Å².